The van der Waals surface area contributed by atoms with E-state index in [0.717, 1.165) is 45.7 Å². The summed E-state index contributed by atoms with van der Waals surface area (Å²) in [5, 5.41) is 3.04. The quantitative estimate of drug-likeness (QED) is 0.678. The van der Waals surface area contributed by atoms with Crippen LogP contribution in [0.3, 0.4) is 0 Å². The summed E-state index contributed by atoms with van der Waals surface area (Å²) in [6.45, 7) is 6.13. The zero-order chi connectivity index (χ0) is 18.9. The molecule has 1 aromatic heterocycles. The third-order valence-electron chi connectivity index (χ3n) is 5.35. The zero-order valence-electron chi connectivity index (χ0n) is 15.9. The summed E-state index contributed by atoms with van der Waals surface area (Å²) in [4.78, 5) is 32.9. The Hall–Kier alpha value is -1.99. The SMILES string of the molecule is O=C(NCCCc1ccncc1)[C@@H]1CCC(=O)N(CCN2CCOCC2)C1. The van der Waals surface area contributed by atoms with Gasteiger partial charge in [-0.2, -0.15) is 0 Å². The summed E-state index contributed by atoms with van der Waals surface area (Å²) in [6.07, 6.45) is 6.54. The van der Waals surface area contributed by atoms with Crippen LogP contribution in [-0.2, 0) is 20.7 Å². The maximum Gasteiger partial charge on any atom is 0.224 e. The van der Waals surface area contributed by atoms with Crippen molar-refractivity contribution in [2.24, 2.45) is 5.92 Å². The highest BCUT2D eigenvalue weighted by atomic mass is 16.5. The molecule has 0 saturated carbocycles. The third kappa shape index (κ3) is 6.29. The van der Waals surface area contributed by atoms with Crippen molar-refractivity contribution in [3.8, 4) is 0 Å². The summed E-state index contributed by atoms with van der Waals surface area (Å²) in [6, 6.07) is 4.00. The van der Waals surface area contributed by atoms with Gasteiger partial charge in [0.05, 0.1) is 19.1 Å². The van der Waals surface area contributed by atoms with E-state index in [9.17, 15) is 9.59 Å². The zero-order valence-corrected chi connectivity index (χ0v) is 15.9. The number of aryl methyl sites for hydroxylation is 1. The minimum atomic E-state index is -0.0895. The molecule has 0 bridgehead atoms. The second-order valence-corrected chi connectivity index (χ2v) is 7.28. The maximum absolute atomic E-state index is 12.5. The van der Waals surface area contributed by atoms with Crippen LogP contribution in [0.4, 0.5) is 0 Å². The molecule has 1 aromatic rings. The molecule has 7 nitrogen and oxygen atoms in total. The summed E-state index contributed by atoms with van der Waals surface area (Å²) < 4.78 is 5.36. The number of hydrogen-bond donors (Lipinski definition) is 1. The number of likely N-dealkylation sites (tertiary alicyclic amines) is 1. The number of carbonyl (C=O) groups excluding carboxylic acids is 2. The molecule has 3 heterocycles. The van der Waals surface area contributed by atoms with Gasteiger partial charge >= 0.3 is 0 Å². The van der Waals surface area contributed by atoms with Gasteiger partial charge in [0.2, 0.25) is 11.8 Å². The molecule has 1 atom stereocenters. The van der Waals surface area contributed by atoms with E-state index in [1.807, 2.05) is 17.0 Å². The molecule has 2 saturated heterocycles. The number of carbonyl (C=O) groups is 2. The first kappa shape index (κ1) is 19.8. The van der Waals surface area contributed by atoms with Crippen molar-refractivity contribution in [2.75, 3.05) is 52.5 Å². The average Bonchev–Trinajstić information content (AvgIpc) is 2.72. The molecule has 2 fully saturated rings. The highest BCUT2D eigenvalue weighted by molar-refractivity contribution is 5.83. The lowest BCUT2D eigenvalue weighted by Crippen LogP contribution is -2.49. The normalized spacial score (nSPS) is 21.3. The van der Waals surface area contributed by atoms with Crippen LogP contribution in [0.25, 0.3) is 0 Å². The van der Waals surface area contributed by atoms with E-state index in [0.29, 0.717) is 32.5 Å². The molecule has 2 aliphatic rings. The molecule has 3 rings (SSSR count). The number of morpholine rings is 1. The molecule has 1 N–H and O–H groups in total. The van der Waals surface area contributed by atoms with Crippen molar-refractivity contribution in [1.82, 2.24) is 20.1 Å². The Morgan fingerprint density at radius 3 is 2.78 bits per heavy atom. The molecule has 148 valence electrons. The lowest BCUT2D eigenvalue weighted by atomic mass is 9.96. The first-order valence-electron chi connectivity index (χ1n) is 9.97. The minimum absolute atomic E-state index is 0.0774. The second kappa shape index (κ2) is 10.4. The Balaban J connectivity index is 1.37. The molecule has 0 aliphatic carbocycles. The fourth-order valence-corrected chi connectivity index (χ4v) is 3.63. The fraction of sp³-hybridized carbons (Fsp3) is 0.650. The second-order valence-electron chi connectivity index (χ2n) is 7.28. The molecule has 0 spiro atoms. The smallest absolute Gasteiger partial charge is 0.224 e. The van der Waals surface area contributed by atoms with Crippen LogP contribution in [0.2, 0.25) is 0 Å². The molecular weight excluding hydrogens is 344 g/mol. The van der Waals surface area contributed by atoms with Crippen molar-refractivity contribution < 1.29 is 14.3 Å². The van der Waals surface area contributed by atoms with Crippen LogP contribution in [0.5, 0.6) is 0 Å². The number of hydrogen-bond acceptors (Lipinski definition) is 5. The standard InChI is InChI=1S/C20H30N4O3/c25-19-4-3-18(16-24(19)11-10-23-12-14-27-15-13-23)20(26)22-7-1-2-17-5-8-21-9-6-17/h5-6,8-9,18H,1-4,7,10-16H2,(H,22,26)/t18-/m1/s1. The topological polar surface area (TPSA) is 74.8 Å². The number of pyridine rings is 1. The summed E-state index contributed by atoms with van der Waals surface area (Å²) >= 11 is 0. The number of nitrogens with zero attached hydrogens (tertiary/aromatic N) is 3. The average molecular weight is 374 g/mol. The van der Waals surface area contributed by atoms with Gasteiger partial charge in [0.25, 0.3) is 0 Å². The Morgan fingerprint density at radius 1 is 1.22 bits per heavy atom. The largest absolute Gasteiger partial charge is 0.379 e. The third-order valence-corrected chi connectivity index (χ3v) is 5.35. The van der Waals surface area contributed by atoms with Crippen LogP contribution >= 0.6 is 0 Å². The van der Waals surface area contributed by atoms with E-state index in [2.05, 4.69) is 15.2 Å². The molecule has 2 aliphatic heterocycles. The van der Waals surface area contributed by atoms with Gasteiger partial charge in [0.15, 0.2) is 0 Å². The van der Waals surface area contributed by atoms with Crippen molar-refractivity contribution in [3.63, 3.8) is 0 Å². The molecule has 0 radical (unpaired) electrons. The van der Waals surface area contributed by atoms with Gasteiger partial charge in [0.1, 0.15) is 0 Å². The van der Waals surface area contributed by atoms with Gasteiger partial charge in [-0.1, -0.05) is 0 Å². The highest BCUT2D eigenvalue weighted by Crippen LogP contribution is 2.18. The Morgan fingerprint density at radius 2 is 2.00 bits per heavy atom. The van der Waals surface area contributed by atoms with E-state index >= 15 is 0 Å². The Labute approximate surface area is 161 Å². The van der Waals surface area contributed by atoms with Gasteiger partial charge in [-0.25, -0.2) is 0 Å². The minimum Gasteiger partial charge on any atom is -0.379 e. The monoisotopic (exact) mass is 374 g/mol. The van der Waals surface area contributed by atoms with Gasteiger partial charge in [-0.15, -0.1) is 0 Å². The Kier molecular flexibility index (Phi) is 7.59. The van der Waals surface area contributed by atoms with Crippen molar-refractivity contribution in [2.45, 2.75) is 25.7 Å². The van der Waals surface area contributed by atoms with E-state index in [-0.39, 0.29) is 17.7 Å². The molecule has 27 heavy (non-hydrogen) atoms. The lowest BCUT2D eigenvalue weighted by Gasteiger charge is -2.34. The Bertz CT molecular complexity index is 605. The first-order chi connectivity index (χ1) is 13.2. The predicted molar refractivity (Wildman–Crippen MR) is 102 cm³/mol. The fourth-order valence-electron chi connectivity index (χ4n) is 3.63. The van der Waals surface area contributed by atoms with Crippen LogP contribution in [0, 0.1) is 5.92 Å². The number of nitrogens with one attached hydrogen (secondary N) is 1. The number of ether oxygens (including phenoxy) is 1. The van der Waals surface area contributed by atoms with Gasteiger partial charge in [-0.05, 0) is 37.0 Å². The van der Waals surface area contributed by atoms with Gasteiger partial charge < -0.3 is 15.0 Å². The van der Waals surface area contributed by atoms with E-state index in [1.54, 1.807) is 12.4 Å². The highest BCUT2D eigenvalue weighted by Gasteiger charge is 2.30. The summed E-state index contributed by atoms with van der Waals surface area (Å²) in [7, 11) is 0. The van der Waals surface area contributed by atoms with Crippen LogP contribution in [0.1, 0.15) is 24.8 Å². The predicted octanol–water partition coefficient (Wildman–Crippen LogP) is 0.701. The molecule has 0 aromatic carbocycles. The van der Waals surface area contributed by atoms with E-state index in [1.165, 1.54) is 5.56 Å². The molecule has 7 heteroatoms. The van der Waals surface area contributed by atoms with Crippen LogP contribution < -0.4 is 5.32 Å². The van der Waals surface area contributed by atoms with E-state index < -0.39 is 0 Å². The lowest BCUT2D eigenvalue weighted by molar-refractivity contribution is -0.138. The van der Waals surface area contributed by atoms with Crippen molar-refractivity contribution in [1.29, 1.82) is 0 Å². The number of rotatable bonds is 8. The molecular formula is C20H30N4O3. The van der Waals surface area contributed by atoms with Gasteiger partial charge in [0, 0.05) is 58.1 Å². The number of aromatic nitrogens is 1. The van der Waals surface area contributed by atoms with Gasteiger partial charge in [-0.3, -0.25) is 19.5 Å². The summed E-state index contributed by atoms with van der Waals surface area (Å²) in [5.41, 5.74) is 1.23. The number of amides is 2. The number of piperidine rings is 1. The van der Waals surface area contributed by atoms with Crippen molar-refractivity contribution in [3.05, 3.63) is 30.1 Å². The summed E-state index contributed by atoms with van der Waals surface area (Å²) in [5.74, 6) is 0.159. The van der Waals surface area contributed by atoms with Crippen LogP contribution in [-0.4, -0.2) is 79.1 Å². The first-order valence-corrected chi connectivity index (χ1v) is 9.97. The maximum atomic E-state index is 12.5. The molecule has 2 amide bonds. The molecule has 0 unspecified atom stereocenters. The van der Waals surface area contributed by atoms with Crippen molar-refractivity contribution >= 4 is 11.8 Å². The van der Waals surface area contributed by atoms with E-state index in [4.69, 9.17) is 4.74 Å². The van der Waals surface area contributed by atoms with Crippen LogP contribution in [0.15, 0.2) is 24.5 Å².